The van der Waals surface area contributed by atoms with Gasteiger partial charge in [0.1, 0.15) is 0 Å². The van der Waals surface area contributed by atoms with Gasteiger partial charge in [-0.15, -0.1) is 0 Å². The van der Waals surface area contributed by atoms with E-state index in [1.807, 2.05) is 13.8 Å². The van der Waals surface area contributed by atoms with E-state index in [9.17, 15) is 4.79 Å². The van der Waals surface area contributed by atoms with Crippen LogP contribution in [-0.4, -0.2) is 25.0 Å². The van der Waals surface area contributed by atoms with Crippen LogP contribution < -0.4 is 22.3 Å². The van der Waals surface area contributed by atoms with E-state index in [-0.39, 0.29) is 11.9 Å². The predicted octanol–water partition coefficient (Wildman–Crippen LogP) is -1.07. The number of carbonyl (C=O) groups excluding carboxylic acids is 1. The first-order valence-electron chi connectivity index (χ1n) is 4.59. The molecule has 0 spiro atoms. The van der Waals surface area contributed by atoms with Crippen LogP contribution in [0.3, 0.4) is 0 Å². The number of nitrogens with zero attached hydrogens (tertiary/aromatic N) is 1. The molecule has 0 atom stereocenters. The molecule has 6 heteroatoms. The Labute approximate surface area is 84.1 Å². The normalized spacial score (nSPS) is 11.6. The van der Waals surface area contributed by atoms with Crippen molar-refractivity contribution < 1.29 is 4.79 Å². The Hall–Kier alpha value is -1.30. The molecule has 0 aliphatic carbocycles. The fourth-order valence-electron chi connectivity index (χ4n) is 0.730. The van der Waals surface area contributed by atoms with Crippen molar-refractivity contribution in [2.75, 3.05) is 13.1 Å². The summed E-state index contributed by atoms with van der Waals surface area (Å²) in [6.45, 7) is 5.11. The number of carbonyl (C=O) groups is 1. The van der Waals surface area contributed by atoms with Crippen molar-refractivity contribution in [3.05, 3.63) is 0 Å². The smallest absolute Gasteiger partial charge is 0.221 e. The average Bonchev–Trinajstić information content (AvgIpc) is 2.14. The van der Waals surface area contributed by atoms with Gasteiger partial charge in [-0.1, -0.05) is 13.8 Å². The highest BCUT2D eigenvalue weighted by Crippen LogP contribution is 1.88. The highest BCUT2D eigenvalue weighted by Gasteiger charge is 2.00. The second kappa shape index (κ2) is 7.14. The van der Waals surface area contributed by atoms with Crippen molar-refractivity contribution in [1.29, 1.82) is 0 Å². The van der Waals surface area contributed by atoms with Crippen molar-refractivity contribution in [3.8, 4) is 0 Å². The molecular formula is C8H19N5O. The van der Waals surface area contributed by atoms with Crippen LogP contribution in [0, 0.1) is 5.92 Å². The maximum atomic E-state index is 11.1. The number of aliphatic imine (C=N–C) groups is 1. The van der Waals surface area contributed by atoms with E-state index in [4.69, 9.17) is 11.6 Å². The third-order valence-corrected chi connectivity index (χ3v) is 1.48. The van der Waals surface area contributed by atoms with Crippen LogP contribution in [-0.2, 0) is 4.79 Å². The Morgan fingerprint density at radius 3 is 2.64 bits per heavy atom. The van der Waals surface area contributed by atoms with Crippen molar-refractivity contribution in [2.45, 2.75) is 20.3 Å². The topological polar surface area (TPSA) is 106 Å². The van der Waals surface area contributed by atoms with Crippen molar-refractivity contribution in [1.82, 2.24) is 10.7 Å². The predicted molar refractivity (Wildman–Crippen MR) is 56.3 cm³/mol. The Morgan fingerprint density at radius 2 is 2.14 bits per heavy atom. The van der Waals surface area contributed by atoms with Crippen molar-refractivity contribution in [2.24, 2.45) is 22.5 Å². The number of nitrogens with two attached hydrogens (primary N) is 2. The van der Waals surface area contributed by atoms with E-state index in [1.165, 1.54) is 0 Å². The zero-order chi connectivity index (χ0) is 11.0. The fourth-order valence-corrected chi connectivity index (χ4v) is 0.730. The number of nitrogens with one attached hydrogen (secondary N) is 2. The molecule has 0 saturated carbocycles. The minimum Gasteiger partial charge on any atom is -0.369 e. The molecule has 0 saturated heterocycles. The third kappa shape index (κ3) is 7.35. The van der Waals surface area contributed by atoms with Crippen molar-refractivity contribution >= 4 is 11.9 Å². The average molecular weight is 201 g/mol. The number of hydrogen-bond donors (Lipinski definition) is 4. The lowest BCUT2D eigenvalue weighted by Gasteiger charge is -2.06. The molecule has 14 heavy (non-hydrogen) atoms. The van der Waals surface area contributed by atoms with Gasteiger partial charge >= 0.3 is 0 Å². The standard InChI is InChI=1S/C8H19N5O/c1-6(2)5-12-7(14)3-4-11-8(9)13-10/h6H,3-5,10H2,1-2H3,(H,12,14)(H3,9,11,13). The van der Waals surface area contributed by atoms with Crippen LogP contribution in [0.15, 0.2) is 4.99 Å². The minimum atomic E-state index is -0.0210. The zero-order valence-electron chi connectivity index (χ0n) is 8.71. The summed E-state index contributed by atoms with van der Waals surface area (Å²) in [5.74, 6) is 5.56. The molecule has 6 N–H and O–H groups in total. The Bertz CT molecular complexity index is 202. The SMILES string of the molecule is CC(C)CNC(=O)CCN=C(N)NN. The van der Waals surface area contributed by atoms with Crippen LogP contribution in [0.5, 0.6) is 0 Å². The second-order valence-corrected chi connectivity index (χ2v) is 3.36. The minimum absolute atomic E-state index is 0.0210. The number of amides is 1. The molecule has 0 aromatic rings. The van der Waals surface area contributed by atoms with Gasteiger partial charge in [0.05, 0.1) is 6.54 Å². The first-order chi connectivity index (χ1) is 6.56. The van der Waals surface area contributed by atoms with Crippen LogP contribution >= 0.6 is 0 Å². The van der Waals surface area contributed by atoms with Gasteiger partial charge in [0.2, 0.25) is 11.9 Å². The Kier molecular flexibility index (Phi) is 6.47. The molecule has 6 nitrogen and oxygen atoms in total. The molecule has 0 bridgehead atoms. The first kappa shape index (κ1) is 12.7. The molecule has 0 aromatic carbocycles. The maximum Gasteiger partial charge on any atom is 0.221 e. The van der Waals surface area contributed by atoms with E-state index in [0.29, 0.717) is 25.4 Å². The van der Waals surface area contributed by atoms with Gasteiger partial charge in [-0.05, 0) is 5.92 Å². The van der Waals surface area contributed by atoms with E-state index >= 15 is 0 Å². The molecule has 0 radical (unpaired) electrons. The van der Waals surface area contributed by atoms with Crippen molar-refractivity contribution in [3.63, 3.8) is 0 Å². The van der Waals surface area contributed by atoms with Crippen LogP contribution in [0.1, 0.15) is 20.3 Å². The fraction of sp³-hybridized carbons (Fsp3) is 0.750. The van der Waals surface area contributed by atoms with Crippen LogP contribution in [0.4, 0.5) is 0 Å². The summed E-state index contributed by atoms with van der Waals surface area (Å²) in [7, 11) is 0. The van der Waals surface area contributed by atoms with E-state index in [0.717, 1.165) is 0 Å². The molecular weight excluding hydrogens is 182 g/mol. The first-order valence-corrected chi connectivity index (χ1v) is 4.59. The van der Waals surface area contributed by atoms with Gasteiger partial charge in [0.15, 0.2) is 0 Å². The van der Waals surface area contributed by atoms with E-state index in [2.05, 4.69) is 15.7 Å². The van der Waals surface area contributed by atoms with Gasteiger partial charge < -0.3 is 11.1 Å². The number of hydrogen-bond acceptors (Lipinski definition) is 3. The second-order valence-electron chi connectivity index (χ2n) is 3.36. The van der Waals surface area contributed by atoms with Gasteiger partial charge in [-0.25, -0.2) is 5.84 Å². The summed E-state index contributed by atoms with van der Waals surface area (Å²) < 4.78 is 0. The van der Waals surface area contributed by atoms with Gasteiger partial charge in [0, 0.05) is 13.0 Å². The monoisotopic (exact) mass is 201 g/mol. The van der Waals surface area contributed by atoms with Crippen LogP contribution in [0.2, 0.25) is 0 Å². The van der Waals surface area contributed by atoms with E-state index in [1.54, 1.807) is 0 Å². The molecule has 0 unspecified atom stereocenters. The summed E-state index contributed by atoms with van der Waals surface area (Å²) in [5, 5.41) is 2.77. The zero-order valence-corrected chi connectivity index (χ0v) is 8.71. The molecule has 0 fully saturated rings. The quantitative estimate of drug-likeness (QED) is 0.197. The lowest BCUT2D eigenvalue weighted by molar-refractivity contribution is -0.121. The molecule has 0 aromatic heterocycles. The third-order valence-electron chi connectivity index (χ3n) is 1.48. The highest BCUT2D eigenvalue weighted by atomic mass is 16.1. The number of rotatable bonds is 5. The van der Waals surface area contributed by atoms with E-state index < -0.39 is 0 Å². The maximum absolute atomic E-state index is 11.1. The molecule has 0 aliphatic heterocycles. The molecule has 0 rings (SSSR count). The lowest BCUT2D eigenvalue weighted by Crippen LogP contribution is -2.37. The molecule has 1 amide bonds. The lowest BCUT2D eigenvalue weighted by atomic mass is 10.2. The Morgan fingerprint density at radius 1 is 1.50 bits per heavy atom. The van der Waals surface area contributed by atoms with Gasteiger partial charge in [-0.2, -0.15) is 0 Å². The van der Waals surface area contributed by atoms with Gasteiger partial charge in [0.25, 0.3) is 0 Å². The summed E-state index contributed by atoms with van der Waals surface area (Å²) in [4.78, 5) is 15.0. The summed E-state index contributed by atoms with van der Waals surface area (Å²) in [6.07, 6.45) is 0.328. The summed E-state index contributed by atoms with van der Waals surface area (Å²) >= 11 is 0. The van der Waals surface area contributed by atoms with Gasteiger partial charge in [-0.3, -0.25) is 15.2 Å². The Balaban J connectivity index is 3.54. The number of hydrazine groups is 1. The summed E-state index contributed by atoms with van der Waals surface area (Å²) in [6, 6.07) is 0. The molecule has 82 valence electrons. The summed E-state index contributed by atoms with van der Waals surface area (Å²) in [5.41, 5.74) is 7.45. The molecule has 0 aliphatic rings. The highest BCUT2D eigenvalue weighted by molar-refractivity contribution is 5.78. The van der Waals surface area contributed by atoms with Crippen LogP contribution in [0.25, 0.3) is 0 Å². The number of guanidine groups is 1. The molecule has 0 heterocycles. The largest absolute Gasteiger partial charge is 0.369 e.